The van der Waals surface area contributed by atoms with Gasteiger partial charge in [0.1, 0.15) is 6.04 Å². The lowest BCUT2D eigenvalue weighted by atomic mass is 9.91. The van der Waals surface area contributed by atoms with E-state index >= 15 is 0 Å². The molecule has 0 unspecified atom stereocenters. The van der Waals surface area contributed by atoms with E-state index in [0.717, 1.165) is 43.5 Å². The van der Waals surface area contributed by atoms with Gasteiger partial charge in [0.15, 0.2) is 0 Å². The van der Waals surface area contributed by atoms with E-state index in [1.54, 1.807) is 6.07 Å². The molecule has 1 N–H and O–H groups in total. The van der Waals surface area contributed by atoms with Gasteiger partial charge in [-0.3, -0.25) is 14.5 Å². The van der Waals surface area contributed by atoms with Crippen LogP contribution in [-0.4, -0.2) is 47.8 Å². The van der Waals surface area contributed by atoms with E-state index in [4.69, 9.17) is 11.6 Å². The Balaban J connectivity index is 1.53. The van der Waals surface area contributed by atoms with Gasteiger partial charge in [-0.25, -0.2) is 0 Å². The van der Waals surface area contributed by atoms with Gasteiger partial charge in [0.2, 0.25) is 11.8 Å². The Morgan fingerprint density at radius 3 is 2.60 bits per heavy atom. The number of fused-ring (bicyclic) bond motifs is 1. The molecular formula is C24H28ClN3O2. The summed E-state index contributed by atoms with van der Waals surface area (Å²) in [6, 6.07) is 13.2. The largest absolute Gasteiger partial charge is 0.341 e. The molecule has 2 heterocycles. The summed E-state index contributed by atoms with van der Waals surface area (Å²) in [6.07, 6.45) is 4.11. The first kappa shape index (κ1) is 20.9. The van der Waals surface area contributed by atoms with Gasteiger partial charge in [0.05, 0.1) is 6.54 Å². The molecule has 158 valence electrons. The molecule has 0 aliphatic carbocycles. The zero-order valence-electron chi connectivity index (χ0n) is 17.4. The summed E-state index contributed by atoms with van der Waals surface area (Å²) in [5.41, 5.74) is 3.88. The van der Waals surface area contributed by atoms with Crippen LogP contribution < -0.4 is 5.32 Å². The number of anilines is 1. The number of benzene rings is 2. The monoisotopic (exact) mass is 425 g/mol. The zero-order valence-corrected chi connectivity index (χ0v) is 18.1. The molecule has 4 rings (SSSR count). The molecule has 6 heteroatoms. The zero-order chi connectivity index (χ0) is 21.1. The normalized spacial score (nSPS) is 19.3. The molecule has 0 spiro atoms. The maximum absolute atomic E-state index is 13.5. The van der Waals surface area contributed by atoms with Crippen LogP contribution in [0.3, 0.4) is 0 Å². The highest BCUT2D eigenvalue weighted by Gasteiger charge is 2.36. The average molecular weight is 426 g/mol. The van der Waals surface area contributed by atoms with Crippen molar-refractivity contribution in [2.75, 3.05) is 31.5 Å². The number of amides is 2. The minimum absolute atomic E-state index is 0.119. The number of aryl methyl sites for hydroxylation is 1. The fourth-order valence-electron chi connectivity index (χ4n) is 4.42. The molecule has 0 aromatic heterocycles. The second-order valence-corrected chi connectivity index (χ2v) is 8.63. The lowest BCUT2D eigenvalue weighted by molar-refractivity contribution is -0.139. The first-order chi connectivity index (χ1) is 14.5. The molecule has 0 bridgehead atoms. The van der Waals surface area contributed by atoms with Crippen LogP contribution in [0.15, 0.2) is 42.5 Å². The van der Waals surface area contributed by atoms with E-state index in [-0.39, 0.29) is 18.4 Å². The quantitative estimate of drug-likeness (QED) is 0.798. The molecule has 5 nitrogen and oxygen atoms in total. The molecule has 0 saturated carbocycles. The van der Waals surface area contributed by atoms with Crippen molar-refractivity contribution >= 4 is 29.1 Å². The summed E-state index contributed by atoms with van der Waals surface area (Å²) in [5.74, 6) is -0.0150. The lowest BCUT2D eigenvalue weighted by Gasteiger charge is -2.39. The summed E-state index contributed by atoms with van der Waals surface area (Å²) in [6.45, 7) is 4.39. The first-order valence-electron chi connectivity index (χ1n) is 10.7. The number of piperidine rings is 1. The first-order valence-corrected chi connectivity index (χ1v) is 11.1. The van der Waals surface area contributed by atoms with Gasteiger partial charge in [0, 0.05) is 30.3 Å². The van der Waals surface area contributed by atoms with Crippen molar-refractivity contribution in [2.24, 2.45) is 0 Å². The molecule has 2 aromatic carbocycles. The van der Waals surface area contributed by atoms with E-state index in [0.29, 0.717) is 17.3 Å². The number of rotatable bonds is 4. The van der Waals surface area contributed by atoms with Crippen molar-refractivity contribution in [3.05, 3.63) is 64.2 Å². The Hall–Kier alpha value is -2.37. The van der Waals surface area contributed by atoms with Gasteiger partial charge in [0.25, 0.3) is 0 Å². The van der Waals surface area contributed by atoms with Crippen LogP contribution in [0.2, 0.25) is 5.02 Å². The van der Waals surface area contributed by atoms with E-state index in [1.807, 2.05) is 47.1 Å². The second kappa shape index (κ2) is 9.19. The third-order valence-corrected chi connectivity index (χ3v) is 6.49. The number of hydrogen-bond acceptors (Lipinski definition) is 3. The highest BCUT2D eigenvalue weighted by atomic mass is 35.5. The van der Waals surface area contributed by atoms with E-state index in [1.165, 1.54) is 12.0 Å². The van der Waals surface area contributed by atoms with Gasteiger partial charge < -0.3 is 10.2 Å². The smallest absolute Gasteiger partial charge is 0.244 e. The van der Waals surface area contributed by atoms with Gasteiger partial charge in [-0.15, -0.1) is 0 Å². The Kier molecular flexibility index (Phi) is 6.40. The summed E-state index contributed by atoms with van der Waals surface area (Å²) in [7, 11) is 0. The SMILES string of the molecule is Cc1ccc(NC(=O)CN2CCc3ccccc3[C@H]2C(=O)N2CCCCC2)cc1Cl. The van der Waals surface area contributed by atoms with Crippen LogP contribution in [0.1, 0.15) is 42.0 Å². The average Bonchev–Trinajstić information content (AvgIpc) is 2.76. The van der Waals surface area contributed by atoms with Crippen molar-refractivity contribution in [3.8, 4) is 0 Å². The molecule has 2 aliphatic heterocycles. The number of carbonyl (C=O) groups is 2. The van der Waals surface area contributed by atoms with Crippen LogP contribution in [0, 0.1) is 6.92 Å². The molecule has 2 aliphatic rings. The molecule has 1 fully saturated rings. The van der Waals surface area contributed by atoms with Crippen molar-refractivity contribution in [2.45, 2.75) is 38.6 Å². The summed E-state index contributed by atoms with van der Waals surface area (Å²) >= 11 is 6.18. The van der Waals surface area contributed by atoms with Crippen LogP contribution in [0.25, 0.3) is 0 Å². The number of carbonyl (C=O) groups excluding carboxylic acids is 2. The standard InChI is InChI=1S/C24H28ClN3O2/c1-17-9-10-19(15-21(17)25)26-22(29)16-28-14-11-18-7-3-4-8-20(18)23(28)24(30)27-12-5-2-6-13-27/h3-4,7-10,15,23H,2,5-6,11-14,16H2,1H3,(H,26,29)/t23-/m0/s1. The van der Waals surface area contributed by atoms with Gasteiger partial charge in [-0.05, 0) is 61.4 Å². The molecule has 1 atom stereocenters. The molecular weight excluding hydrogens is 398 g/mol. The van der Waals surface area contributed by atoms with Crippen molar-refractivity contribution in [1.82, 2.24) is 9.80 Å². The van der Waals surface area contributed by atoms with Crippen LogP contribution in [-0.2, 0) is 16.0 Å². The van der Waals surface area contributed by atoms with Crippen molar-refractivity contribution < 1.29 is 9.59 Å². The predicted octanol–water partition coefficient (Wildman–Crippen LogP) is 4.20. The number of nitrogens with one attached hydrogen (secondary N) is 1. The molecule has 2 amide bonds. The fraction of sp³-hybridized carbons (Fsp3) is 0.417. The predicted molar refractivity (Wildman–Crippen MR) is 120 cm³/mol. The van der Waals surface area contributed by atoms with E-state index < -0.39 is 6.04 Å². The van der Waals surface area contributed by atoms with Gasteiger partial charge in [-0.2, -0.15) is 0 Å². The summed E-state index contributed by atoms with van der Waals surface area (Å²) < 4.78 is 0. The minimum atomic E-state index is -0.402. The van der Waals surface area contributed by atoms with Crippen molar-refractivity contribution in [3.63, 3.8) is 0 Å². The lowest BCUT2D eigenvalue weighted by Crippen LogP contribution is -2.49. The van der Waals surface area contributed by atoms with Crippen LogP contribution in [0.4, 0.5) is 5.69 Å². The third-order valence-electron chi connectivity index (χ3n) is 6.09. The maximum atomic E-state index is 13.5. The number of halogens is 1. The Labute approximate surface area is 183 Å². The van der Waals surface area contributed by atoms with Gasteiger partial charge >= 0.3 is 0 Å². The third kappa shape index (κ3) is 4.52. The Bertz CT molecular complexity index is 940. The highest BCUT2D eigenvalue weighted by Crippen LogP contribution is 2.32. The number of likely N-dealkylation sites (tertiary alicyclic amines) is 1. The number of nitrogens with zero attached hydrogens (tertiary/aromatic N) is 2. The Morgan fingerprint density at radius 2 is 1.83 bits per heavy atom. The Morgan fingerprint density at radius 1 is 1.07 bits per heavy atom. The van der Waals surface area contributed by atoms with E-state index in [9.17, 15) is 9.59 Å². The van der Waals surface area contributed by atoms with Crippen LogP contribution in [0.5, 0.6) is 0 Å². The van der Waals surface area contributed by atoms with Gasteiger partial charge in [-0.1, -0.05) is 41.9 Å². The summed E-state index contributed by atoms with van der Waals surface area (Å²) in [4.78, 5) is 30.3. The molecule has 1 saturated heterocycles. The summed E-state index contributed by atoms with van der Waals surface area (Å²) in [5, 5.41) is 3.55. The second-order valence-electron chi connectivity index (χ2n) is 8.22. The molecule has 2 aromatic rings. The molecule has 0 radical (unpaired) electrons. The van der Waals surface area contributed by atoms with Crippen LogP contribution >= 0.6 is 11.6 Å². The highest BCUT2D eigenvalue weighted by molar-refractivity contribution is 6.31. The minimum Gasteiger partial charge on any atom is -0.341 e. The number of hydrogen-bond donors (Lipinski definition) is 1. The van der Waals surface area contributed by atoms with Crippen molar-refractivity contribution in [1.29, 1.82) is 0 Å². The fourth-order valence-corrected chi connectivity index (χ4v) is 4.60. The topological polar surface area (TPSA) is 52.7 Å². The maximum Gasteiger partial charge on any atom is 0.244 e. The van der Waals surface area contributed by atoms with E-state index in [2.05, 4.69) is 11.4 Å². The molecule has 30 heavy (non-hydrogen) atoms.